The van der Waals surface area contributed by atoms with Gasteiger partial charge in [-0.25, -0.2) is 13.8 Å². The molecule has 2 nitrogen and oxygen atoms in total. The second-order valence-electron chi connectivity index (χ2n) is 2.59. The fourth-order valence-electron chi connectivity index (χ4n) is 1.02. The van der Waals surface area contributed by atoms with Gasteiger partial charge in [-0.3, -0.25) is 0 Å². The van der Waals surface area contributed by atoms with E-state index in [9.17, 15) is 26.3 Å². The number of hydrogen-bond donors (Lipinski definition) is 1. The van der Waals surface area contributed by atoms with Crippen molar-refractivity contribution in [3.05, 3.63) is 23.3 Å². The molecule has 0 saturated carbocycles. The molecular formula is C7H4F6N2. The van der Waals surface area contributed by atoms with E-state index in [0.717, 1.165) is 0 Å². The van der Waals surface area contributed by atoms with Gasteiger partial charge in [0, 0.05) is 6.07 Å². The molecule has 0 spiro atoms. The van der Waals surface area contributed by atoms with Crippen molar-refractivity contribution in [2.75, 3.05) is 5.73 Å². The number of anilines is 1. The molecule has 1 aromatic rings. The van der Waals surface area contributed by atoms with Crippen LogP contribution in [0.1, 0.15) is 17.7 Å². The van der Waals surface area contributed by atoms with Crippen molar-refractivity contribution >= 4 is 5.69 Å². The Morgan fingerprint density at radius 3 is 2.20 bits per heavy atom. The molecule has 0 aromatic carbocycles. The van der Waals surface area contributed by atoms with Gasteiger partial charge in [-0.05, 0) is 0 Å². The van der Waals surface area contributed by atoms with Crippen LogP contribution in [0.15, 0.2) is 6.07 Å². The summed E-state index contributed by atoms with van der Waals surface area (Å²) >= 11 is 0. The third-order valence-corrected chi connectivity index (χ3v) is 1.54. The molecule has 0 aliphatic carbocycles. The Labute approximate surface area is 79.7 Å². The topological polar surface area (TPSA) is 38.9 Å². The first-order chi connectivity index (χ1) is 6.73. The highest BCUT2D eigenvalue weighted by molar-refractivity contribution is 5.50. The van der Waals surface area contributed by atoms with Crippen LogP contribution < -0.4 is 5.73 Å². The summed E-state index contributed by atoms with van der Waals surface area (Å²) in [5, 5.41) is 0. The molecule has 0 amide bonds. The maximum Gasteiger partial charge on any atom is 0.420 e. The Bertz CT molecular complexity index is 372. The molecule has 1 rings (SSSR count). The largest absolute Gasteiger partial charge is 0.420 e. The quantitative estimate of drug-likeness (QED) is 0.595. The number of nitrogens with zero attached hydrogens (tertiary/aromatic N) is 1. The minimum atomic E-state index is -5.09. The van der Waals surface area contributed by atoms with E-state index in [2.05, 4.69) is 4.98 Å². The number of aromatic nitrogens is 1. The Kier molecular flexibility index (Phi) is 2.78. The first kappa shape index (κ1) is 11.6. The third kappa shape index (κ3) is 2.31. The van der Waals surface area contributed by atoms with E-state index in [1.807, 2.05) is 0 Å². The van der Waals surface area contributed by atoms with Crippen LogP contribution in [-0.2, 0) is 6.18 Å². The van der Waals surface area contributed by atoms with Crippen molar-refractivity contribution in [2.45, 2.75) is 12.6 Å². The number of hydrogen-bond acceptors (Lipinski definition) is 2. The first-order valence-corrected chi connectivity index (χ1v) is 3.54. The van der Waals surface area contributed by atoms with Gasteiger partial charge in [-0.1, -0.05) is 0 Å². The van der Waals surface area contributed by atoms with Crippen LogP contribution in [0.25, 0.3) is 0 Å². The minimum Gasteiger partial charge on any atom is -0.398 e. The Morgan fingerprint density at radius 2 is 1.80 bits per heavy atom. The lowest BCUT2D eigenvalue weighted by molar-refractivity contribution is -0.139. The predicted molar refractivity (Wildman–Crippen MR) is 38.6 cm³/mol. The van der Waals surface area contributed by atoms with Crippen molar-refractivity contribution in [1.29, 1.82) is 0 Å². The molecule has 2 N–H and O–H groups in total. The van der Waals surface area contributed by atoms with E-state index < -0.39 is 35.5 Å². The zero-order chi connectivity index (χ0) is 11.8. The molecule has 1 aromatic heterocycles. The molecule has 0 fully saturated rings. The first-order valence-electron chi connectivity index (χ1n) is 3.54. The number of halogens is 6. The number of pyridine rings is 1. The Balaban J connectivity index is 3.48. The second kappa shape index (κ2) is 3.59. The van der Waals surface area contributed by atoms with Crippen molar-refractivity contribution in [1.82, 2.24) is 4.98 Å². The van der Waals surface area contributed by atoms with E-state index in [-0.39, 0.29) is 6.07 Å². The predicted octanol–water partition coefficient (Wildman–Crippen LogP) is 2.76. The molecule has 0 unspecified atom stereocenters. The molecular weight excluding hydrogens is 226 g/mol. The SMILES string of the molecule is Nc1cc(F)nc(C(F)F)c1C(F)(F)F. The lowest BCUT2D eigenvalue weighted by Crippen LogP contribution is -2.15. The fourth-order valence-corrected chi connectivity index (χ4v) is 1.02. The zero-order valence-corrected chi connectivity index (χ0v) is 6.95. The highest BCUT2D eigenvalue weighted by atomic mass is 19.4. The van der Waals surface area contributed by atoms with Crippen molar-refractivity contribution in [2.24, 2.45) is 0 Å². The van der Waals surface area contributed by atoms with Crippen LogP contribution in [0.3, 0.4) is 0 Å². The monoisotopic (exact) mass is 230 g/mol. The molecule has 15 heavy (non-hydrogen) atoms. The summed E-state index contributed by atoms with van der Waals surface area (Å²) in [6.07, 6.45) is -8.63. The van der Waals surface area contributed by atoms with Crippen LogP contribution in [0.2, 0.25) is 0 Å². The third-order valence-electron chi connectivity index (χ3n) is 1.54. The normalized spacial score (nSPS) is 12.2. The summed E-state index contributed by atoms with van der Waals surface area (Å²) in [5.74, 6) is -1.48. The number of nitrogens with two attached hydrogens (primary N) is 1. The molecule has 0 aliphatic rings. The molecule has 0 aliphatic heterocycles. The second-order valence-corrected chi connectivity index (χ2v) is 2.59. The number of nitrogen functional groups attached to an aromatic ring is 1. The molecule has 0 bridgehead atoms. The van der Waals surface area contributed by atoms with Crippen LogP contribution in [0.5, 0.6) is 0 Å². The van der Waals surface area contributed by atoms with Crippen molar-refractivity contribution < 1.29 is 26.3 Å². The van der Waals surface area contributed by atoms with Crippen LogP contribution >= 0.6 is 0 Å². The summed E-state index contributed by atoms with van der Waals surface area (Å²) in [7, 11) is 0. The molecule has 0 saturated heterocycles. The van der Waals surface area contributed by atoms with E-state index in [0.29, 0.717) is 0 Å². The average molecular weight is 230 g/mol. The van der Waals surface area contributed by atoms with Gasteiger partial charge in [0.1, 0.15) is 11.3 Å². The van der Waals surface area contributed by atoms with Crippen molar-refractivity contribution in [3.63, 3.8) is 0 Å². The van der Waals surface area contributed by atoms with E-state index in [1.165, 1.54) is 0 Å². The van der Waals surface area contributed by atoms with Gasteiger partial charge in [0.2, 0.25) is 5.95 Å². The molecule has 0 radical (unpaired) electrons. The maximum atomic E-state index is 12.5. The smallest absolute Gasteiger partial charge is 0.398 e. The highest BCUT2D eigenvalue weighted by Gasteiger charge is 2.39. The van der Waals surface area contributed by atoms with Gasteiger partial charge in [-0.2, -0.15) is 17.6 Å². The zero-order valence-electron chi connectivity index (χ0n) is 6.95. The Morgan fingerprint density at radius 1 is 1.27 bits per heavy atom. The standard InChI is InChI=1S/C7H4F6N2/c8-3-1-2(14)4(7(11,12)13)5(15-3)6(9)10/h1,6H,(H2,14,15). The van der Waals surface area contributed by atoms with Gasteiger partial charge >= 0.3 is 6.18 Å². The van der Waals surface area contributed by atoms with Gasteiger partial charge < -0.3 is 5.73 Å². The summed E-state index contributed by atoms with van der Waals surface area (Å²) in [5.41, 5.74) is 0.219. The van der Waals surface area contributed by atoms with Crippen LogP contribution in [-0.4, -0.2) is 4.98 Å². The van der Waals surface area contributed by atoms with Crippen molar-refractivity contribution in [3.8, 4) is 0 Å². The summed E-state index contributed by atoms with van der Waals surface area (Å²) in [4.78, 5) is 2.48. The van der Waals surface area contributed by atoms with E-state index >= 15 is 0 Å². The Hall–Kier alpha value is -1.47. The van der Waals surface area contributed by atoms with Crippen LogP contribution in [0, 0.1) is 5.95 Å². The minimum absolute atomic E-state index is 0.245. The van der Waals surface area contributed by atoms with E-state index in [1.54, 1.807) is 0 Å². The number of rotatable bonds is 1. The average Bonchev–Trinajstić information content (AvgIpc) is 1.99. The molecule has 0 atom stereocenters. The number of alkyl halides is 5. The lowest BCUT2D eigenvalue weighted by Gasteiger charge is -2.13. The van der Waals surface area contributed by atoms with Gasteiger partial charge in [0.05, 0.1) is 5.69 Å². The fraction of sp³-hybridized carbons (Fsp3) is 0.286. The molecule has 1 heterocycles. The van der Waals surface area contributed by atoms with E-state index in [4.69, 9.17) is 5.73 Å². The molecule has 84 valence electrons. The summed E-state index contributed by atoms with van der Waals surface area (Å²) in [6.45, 7) is 0. The highest BCUT2D eigenvalue weighted by Crippen LogP contribution is 2.38. The van der Waals surface area contributed by atoms with Gasteiger partial charge in [0.25, 0.3) is 6.43 Å². The summed E-state index contributed by atoms with van der Waals surface area (Å²) < 4.78 is 73.4. The van der Waals surface area contributed by atoms with Crippen LogP contribution in [0.4, 0.5) is 32.0 Å². The molecule has 8 heteroatoms. The van der Waals surface area contributed by atoms with Gasteiger partial charge in [0.15, 0.2) is 0 Å². The maximum absolute atomic E-state index is 12.5. The van der Waals surface area contributed by atoms with Gasteiger partial charge in [-0.15, -0.1) is 0 Å². The summed E-state index contributed by atoms with van der Waals surface area (Å²) in [6, 6.07) is 0.245. The lowest BCUT2D eigenvalue weighted by atomic mass is 10.1.